The molecule has 0 aliphatic carbocycles. The van der Waals surface area contributed by atoms with E-state index in [1.807, 2.05) is 0 Å². The fourth-order valence-corrected chi connectivity index (χ4v) is 1.96. The van der Waals surface area contributed by atoms with Gasteiger partial charge < -0.3 is 14.2 Å². The lowest BCUT2D eigenvalue weighted by Gasteiger charge is -2.11. The van der Waals surface area contributed by atoms with Crippen LogP contribution in [0.5, 0.6) is 11.5 Å². The third kappa shape index (κ3) is 4.71. The third-order valence-corrected chi connectivity index (χ3v) is 3.19. The van der Waals surface area contributed by atoms with Crippen LogP contribution in [-0.2, 0) is 4.74 Å². The Kier molecular flexibility index (Phi) is 6.16. The van der Waals surface area contributed by atoms with Gasteiger partial charge in [-0.1, -0.05) is 0 Å². The van der Waals surface area contributed by atoms with E-state index < -0.39 is 36.6 Å². The number of halogens is 4. The molecule has 9 heteroatoms. The number of methoxy groups -OCH3 is 1. The predicted octanol–water partition coefficient (Wildman–Crippen LogP) is 3.61. The van der Waals surface area contributed by atoms with Gasteiger partial charge in [-0.3, -0.25) is 4.79 Å². The highest BCUT2D eigenvalue weighted by Gasteiger charge is 2.17. The zero-order valence-corrected chi connectivity index (χ0v) is 13.3. The minimum absolute atomic E-state index is 0.0819. The number of benzene rings is 2. The van der Waals surface area contributed by atoms with Crippen LogP contribution in [0, 0.1) is 11.6 Å². The fraction of sp³-hybridized carbons (Fsp3) is 0.176. The summed E-state index contributed by atoms with van der Waals surface area (Å²) in [5.41, 5.74) is -0.253. The molecule has 0 atom stereocenters. The highest BCUT2D eigenvalue weighted by molar-refractivity contribution is 5.99. The van der Waals surface area contributed by atoms with Crippen LogP contribution in [-0.4, -0.2) is 32.1 Å². The largest absolute Gasteiger partial charge is 0.493 e. The SMILES string of the molecule is COc1cc(C(=O)OCC(=O)c2ccc(F)c(F)c2)ccc1OC(F)F. The Labute approximate surface area is 145 Å². The monoisotopic (exact) mass is 372 g/mol. The zero-order chi connectivity index (χ0) is 19.3. The van der Waals surface area contributed by atoms with Crippen LogP contribution >= 0.6 is 0 Å². The van der Waals surface area contributed by atoms with Crippen molar-refractivity contribution in [2.75, 3.05) is 13.7 Å². The Morgan fingerprint density at radius 3 is 2.27 bits per heavy atom. The maximum absolute atomic E-state index is 13.1. The van der Waals surface area contributed by atoms with Crippen molar-refractivity contribution in [1.29, 1.82) is 0 Å². The van der Waals surface area contributed by atoms with Crippen LogP contribution in [0.1, 0.15) is 20.7 Å². The molecule has 0 amide bonds. The van der Waals surface area contributed by atoms with Crippen LogP contribution in [0.2, 0.25) is 0 Å². The second kappa shape index (κ2) is 8.32. The summed E-state index contributed by atoms with van der Waals surface area (Å²) in [6, 6.07) is 5.83. The molecule has 0 radical (unpaired) electrons. The Morgan fingerprint density at radius 2 is 1.65 bits per heavy atom. The molecule has 0 aliphatic rings. The molecular formula is C17H12F4O5. The second-order valence-corrected chi connectivity index (χ2v) is 4.87. The standard InChI is InChI=1S/C17H12F4O5/c1-24-15-7-10(3-5-14(15)26-17(20)21)16(23)25-8-13(22)9-2-4-11(18)12(19)6-9/h2-7,17H,8H2,1H3. The first-order valence-corrected chi connectivity index (χ1v) is 7.10. The van der Waals surface area contributed by atoms with Crippen LogP contribution in [0.15, 0.2) is 36.4 Å². The lowest BCUT2D eigenvalue weighted by atomic mass is 10.1. The van der Waals surface area contributed by atoms with Gasteiger partial charge in [0.05, 0.1) is 12.7 Å². The number of hydrogen-bond acceptors (Lipinski definition) is 5. The molecule has 0 spiro atoms. The van der Waals surface area contributed by atoms with Crippen molar-refractivity contribution in [2.24, 2.45) is 0 Å². The minimum atomic E-state index is -3.07. The summed E-state index contributed by atoms with van der Waals surface area (Å²) in [6.45, 7) is -3.79. The molecule has 0 unspecified atom stereocenters. The molecular weight excluding hydrogens is 360 g/mol. The summed E-state index contributed by atoms with van der Waals surface area (Å²) < 4.78 is 64.3. The molecule has 2 aromatic carbocycles. The summed E-state index contributed by atoms with van der Waals surface area (Å²) in [7, 11) is 1.19. The smallest absolute Gasteiger partial charge is 0.387 e. The summed E-state index contributed by atoms with van der Waals surface area (Å²) in [5, 5.41) is 0. The van der Waals surface area contributed by atoms with Crippen molar-refractivity contribution in [3.8, 4) is 11.5 Å². The van der Waals surface area contributed by atoms with Crippen LogP contribution < -0.4 is 9.47 Å². The fourth-order valence-electron chi connectivity index (χ4n) is 1.96. The molecule has 2 aromatic rings. The van der Waals surface area contributed by atoms with Gasteiger partial charge in [0.1, 0.15) is 0 Å². The van der Waals surface area contributed by atoms with Crippen molar-refractivity contribution in [3.63, 3.8) is 0 Å². The van der Waals surface area contributed by atoms with E-state index in [9.17, 15) is 27.2 Å². The summed E-state index contributed by atoms with van der Waals surface area (Å²) in [5.74, 6) is -4.42. The number of ether oxygens (including phenoxy) is 3. The Hall–Kier alpha value is -3.10. The van der Waals surface area contributed by atoms with E-state index in [4.69, 9.17) is 9.47 Å². The van der Waals surface area contributed by atoms with E-state index in [0.29, 0.717) is 6.07 Å². The number of carbonyl (C=O) groups excluding carboxylic acids is 2. The molecule has 2 rings (SSSR count). The molecule has 0 N–H and O–H groups in total. The van der Waals surface area contributed by atoms with Crippen molar-refractivity contribution in [3.05, 3.63) is 59.2 Å². The minimum Gasteiger partial charge on any atom is -0.493 e. The third-order valence-electron chi connectivity index (χ3n) is 3.19. The summed E-state index contributed by atoms with van der Waals surface area (Å²) in [6.07, 6.45) is 0. The van der Waals surface area contributed by atoms with Crippen molar-refractivity contribution >= 4 is 11.8 Å². The normalized spacial score (nSPS) is 10.5. The highest BCUT2D eigenvalue weighted by atomic mass is 19.3. The maximum Gasteiger partial charge on any atom is 0.387 e. The average molecular weight is 372 g/mol. The molecule has 0 saturated heterocycles. The van der Waals surface area contributed by atoms with Crippen molar-refractivity contribution in [1.82, 2.24) is 0 Å². The number of rotatable bonds is 7. The topological polar surface area (TPSA) is 61.8 Å². The van der Waals surface area contributed by atoms with E-state index in [1.165, 1.54) is 7.11 Å². The zero-order valence-electron chi connectivity index (χ0n) is 13.3. The van der Waals surface area contributed by atoms with E-state index in [2.05, 4.69) is 4.74 Å². The summed E-state index contributed by atoms with van der Waals surface area (Å²) in [4.78, 5) is 23.8. The number of hydrogen-bond donors (Lipinski definition) is 0. The van der Waals surface area contributed by atoms with Gasteiger partial charge in [-0.05, 0) is 36.4 Å². The number of Topliss-reactive ketones (excluding diaryl/α,β-unsaturated/α-hetero) is 1. The molecule has 26 heavy (non-hydrogen) atoms. The van der Waals surface area contributed by atoms with E-state index >= 15 is 0 Å². The number of alkyl halides is 2. The first kappa shape index (κ1) is 19.2. The molecule has 0 bridgehead atoms. The number of ketones is 1. The predicted molar refractivity (Wildman–Crippen MR) is 80.6 cm³/mol. The van der Waals surface area contributed by atoms with Gasteiger partial charge in [0.2, 0.25) is 0 Å². The molecule has 0 fully saturated rings. The van der Waals surface area contributed by atoms with Gasteiger partial charge in [-0.25, -0.2) is 13.6 Å². The van der Waals surface area contributed by atoms with Gasteiger partial charge in [0.25, 0.3) is 0 Å². The van der Waals surface area contributed by atoms with E-state index in [1.54, 1.807) is 0 Å². The van der Waals surface area contributed by atoms with E-state index in [0.717, 1.165) is 30.3 Å². The quantitative estimate of drug-likeness (QED) is 0.422. The van der Waals surface area contributed by atoms with Crippen LogP contribution in [0.4, 0.5) is 17.6 Å². The second-order valence-electron chi connectivity index (χ2n) is 4.87. The highest BCUT2D eigenvalue weighted by Crippen LogP contribution is 2.29. The average Bonchev–Trinajstić information content (AvgIpc) is 2.61. The van der Waals surface area contributed by atoms with Crippen LogP contribution in [0.25, 0.3) is 0 Å². The Morgan fingerprint density at radius 1 is 0.962 bits per heavy atom. The summed E-state index contributed by atoms with van der Waals surface area (Å²) >= 11 is 0. The van der Waals surface area contributed by atoms with Gasteiger partial charge in [-0.2, -0.15) is 8.78 Å². The molecule has 0 heterocycles. The lowest BCUT2D eigenvalue weighted by molar-refractivity contribution is -0.0512. The van der Waals surface area contributed by atoms with Crippen molar-refractivity contribution < 1.29 is 41.4 Å². The first-order valence-electron chi connectivity index (χ1n) is 7.10. The first-order chi connectivity index (χ1) is 12.3. The molecule has 0 saturated carbocycles. The molecule has 5 nitrogen and oxygen atoms in total. The maximum atomic E-state index is 13.1. The Bertz CT molecular complexity index is 823. The van der Waals surface area contributed by atoms with Gasteiger partial charge in [0.15, 0.2) is 35.5 Å². The van der Waals surface area contributed by atoms with Crippen molar-refractivity contribution in [2.45, 2.75) is 6.61 Å². The molecule has 0 aromatic heterocycles. The number of esters is 1. The van der Waals surface area contributed by atoms with E-state index in [-0.39, 0.29) is 22.6 Å². The van der Waals surface area contributed by atoms with Gasteiger partial charge in [0, 0.05) is 5.56 Å². The lowest BCUT2D eigenvalue weighted by Crippen LogP contribution is -2.15. The van der Waals surface area contributed by atoms with Crippen LogP contribution in [0.3, 0.4) is 0 Å². The van der Waals surface area contributed by atoms with Gasteiger partial charge >= 0.3 is 12.6 Å². The number of carbonyl (C=O) groups is 2. The Balaban J connectivity index is 2.05. The molecule has 0 aliphatic heterocycles. The van der Waals surface area contributed by atoms with Gasteiger partial charge in [-0.15, -0.1) is 0 Å². The molecule has 138 valence electrons.